The molecule has 0 aliphatic heterocycles. The third kappa shape index (κ3) is 2.19. The Balaban J connectivity index is 2.04. The highest BCUT2D eigenvalue weighted by Gasteiger charge is 2.15. The van der Waals surface area contributed by atoms with Gasteiger partial charge in [0.25, 0.3) is 5.89 Å². The summed E-state index contributed by atoms with van der Waals surface area (Å²) in [5, 5.41) is 17.6. The molecule has 0 aliphatic rings. The first-order valence-corrected chi connectivity index (χ1v) is 6.20. The van der Waals surface area contributed by atoms with Crippen LogP contribution in [0.2, 0.25) is 5.02 Å². The predicted octanol–water partition coefficient (Wildman–Crippen LogP) is 3.34. The number of nitrogens with two attached hydrogens (primary N) is 1. The van der Waals surface area contributed by atoms with Crippen LogP contribution in [-0.4, -0.2) is 15.3 Å². The smallest absolute Gasteiger partial charge is 0.251 e. The molecule has 1 heterocycles. The number of benzene rings is 2. The van der Waals surface area contributed by atoms with Crippen LogP contribution in [0, 0.1) is 0 Å². The van der Waals surface area contributed by atoms with E-state index in [2.05, 4.69) is 10.2 Å². The molecule has 100 valence electrons. The van der Waals surface area contributed by atoms with Gasteiger partial charge in [0.05, 0.1) is 10.6 Å². The third-order valence-electron chi connectivity index (χ3n) is 2.80. The second kappa shape index (κ2) is 4.86. The second-order valence-electron chi connectivity index (χ2n) is 4.16. The van der Waals surface area contributed by atoms with Crippen molar-refractivity contribution in [2.24, 2.45) is 0 Å². The summed E-state index contributed by atoms with van der Waals surface area (Å²) >= 11 is 6.10. The molecule has 0 saturated heterocycles. The van der Waals surface area contributed by atoms with Crippen LogP contribution < -0.4 is 5.73 Å². The summed E-state index contributed by atoms with van der Waals surface area (Å²) in [4.78, 5) is 0. The van der Waals surface area contributed by atoms with Crippen LogP contribution in [0.5, 0.6) is 5.75 Å². The molecular formula is C14H10ClN3O2. The molecular weight excluding hydrogens is 278 g/mol. The zero-order valence-corrected chi connectivity index (χ0v) is 11.0. The van der Waals surface area contributed by atoms with E-state index in [0.29, 0.717) is 27.7 Å². The van der Waals surface area contributed by atoms with Gasteiger partial charge in [0.1, 0.15) is 5.75 Å². The molecule has 0 radical (unpaired) electrons. The van der Waals surface area contributed by atoms with Crippen LogP contribution in [0.25, 0.3) is 22.9 Å². The molecule has 3 aromatic rings. The summed E-state index contributed by atoms with van der Waals surface area (Å²) in [5.74, 6) is 0.763. The summed E-state index contributed by atoms with van der Waals surface area (Å²) < 4.78 is 5.59. The largest absolute Gasteiger partial charge is 0.508 e. The number of aromatic nitrogens is 2. The molecule has 3 rings (SSSR count). The number of nitrogen functional groups attached to an aromatic ring is 1. The van der Waals surface area contributed by atoms with E-state index in [1.165, 1.54) is 0 Å². The van der Waals surface area contributed by atoms with Crippen molar-refractivity contribution in [2.75, 3.05) is 5.73 Å². The molecule has 5 nitrogen and oxygen atoms in total. The first-order valence-electron chi connectivity index (χ1n) is 5.82. The summed E-state index contributed by atoms with van der Waals surface area (Å²) in [7, 11) is 0. The highest BCUT2D eigenvalue weighted by atomic mass is 35.5. The van der Waals surface area contributed by atoms with Crippen molar-refractivity contribution in [2.45, 2.75) is 0 Å². The van der Waals surface area contributed by atoms with Crippen molar-refractivity contribution in [3.8, 4) is 28.7 Å². The number of phenolic OH excluding ortho intramolecular Hbond substituents is 1. The van der Waals surface area contributed by atoms with Gasteiger partial charge in [-0.3, -0.25) is 0 Å². The zero-order valence-electron chi connectivity index (χ0n) is 10.2. The number of rotatable bonds is 2. The van der Waals surface area contributed by atoms with Crippen LogP contribution in [0.4, 0.5) is 5.69 Å². The Kier molecular flexibility index (Phi) is 3.04. The minimum Gasteiger partial charge on any atom is -0.508 e. The van der Waals surface area contributed by atoms with Crippen LogP contribution in [0.3, 0.4) is 0 Å². The molecule has 0 saturated carbocycles. The van der Waals surface area contributed by atoms with E-state index < -0.39 is 0 Å². The van der Waals surface area contributed by atoms with Crippen molar-refractivity contribution in [1.82, 2.24) is 10.2 Å². The number of phenols is 1. The lowest BCUT2D eigenvalue weighted by Gasteiger charge is -2.02. The molecule has 0 bridgehead atoms. The molecule has 0 atom stereocenters. The Morgan fingerprint density at radius 2 is 1.70 bits per heavy atom. The molecule has 2 aromatic carbocycles. The lowest BCUT2D eigenvalue weighted by molar-refractivity contribution is 0.475. The number of aromatic hydroxyl groups is 1. The summed E-state index contributed by atoms with van der Waals surface area (Å²) in [6, 6.07) is 11.6. The van der Waals surface area contributed by atoms with Gasteiger partial charge in [-0.2, -0.15) is 0 Å². The summed E-state index contributed by atoms with van der Waals surface area (Å²) in [6.07, 6.45) is 0. The van der Waals surface area contributed by atoms with Gasteiger partial charge in [-0.15, -0.1) is 10.2 Å². The quantitative estimate of drug-likeness (QED) is 0.706. The number of hydrogen-bond acceptors (Lipinski definition) is 5. The Bertz CT molecular complexity index is 733. The Hall–Kier alpha value is -2.53. The van der Waals surface area contributed by atoms with E-state index in [-0.39, 0.29) is 11.6 Å². The number of nitrogens with zero attached hydrogens (tertiary/aromatic N) is 2. The predicted molar refractivity (Wildman–Crippen MR) is 76.3 cm³/mol. The van der Waals surface area contributed by atoms with Crippen LogP contribution in [-0.2, 0) is 0 Å². The minimum absolute atomic E-state index is 0.170. The lowest BCUT2D eigenvalue weighted by Crippen LogP contribution is -1.90. The standard InChI is InChI=1S/C14H10ClN3O2/c15-10-2-1-3-11(16)12(10)14-18-17-13(20-14)8-4-6-9(19)7-5-8/h1-7,19H,16H2. The highest BCUT2D eigenvalue weighted by molar-refractivity contribution is 6.33. The van der Waals surface area contributed by atoms with Crippen molar-refractivity contribution in [1.29, 1.82) is 0 Å². The normalized spacial score (nSPS) is 10.7. The van der Waals surface area contributed by atoms with Crippen molar-refractivity contribution in [3.05, 3.63) is 47.5 Å². The fourth-order valence-corrected chi connectivity index (χ4v) is 2.07. The van der Waals surface area contributed by atoms with Gasteiger partial charge in [0, 0.05) is 11.3 Å². The maximum absolute atomic E-state index is 9.26. The average Bonchev–Trinajstić information content (AvgIpc) is 2.89. The molecule has 0 spiro atoms. The van der Waals surface area contributed by atoms with Gasteiger partial charge in [-0.05, 0) is 36.4 Å². The molecule has 20 heavy (non-hydrogen) atoms. The molecule has 0 amide bonds. The molecule has 0 unspecified atom stereocenters. The topological polar surface area (TPSA) is 85.2 Å². The van der Waals surface area contributed by atoms with Gasteiger partial charge in [-0.25, -0.2) is 0 Å². The van der Waals surface area contributed by atoms with Crippen molar-refractivity contribution >= 4 is 17.3 Å². The van der Waals surface area contributed by atoms with E-state index in [1.54, 1.807) is 42.5 Å². The minimum atomic E-state index is 0.170. The number of halogens is 1. The maximum atomic E-state index is 9.26. The van der Waals surface area contributed by atoms with E-state index in [1.807, 2.05) is 0 Å². The number of hydrogen-bond donors (Lipinski definition) is 2. The van der Waals surface area contributed by atoms with Gasteiger partial charge in [-0.1, -0.05) is 17.7 Å². The lowest BCUT2D eigenvalue weighted by atomic mass is 10.2. The van der Waals surface area contributed by atoms with E-state index in [4.69, 9.17) is 21.8 Å². The first-order chi connectivity index (χ1) is 9.65. The molecule has 0 aliphatic carbocycles. The molecule has 0 fully saturated rings. The average molecular weight is 288 g/mol. The Morgan fingerprint density at radius 1 is 1.00 bits per heavy atom. The molecule has 6 heteroatoms. The maximum Gasteiger partial charge on any atom is 0.251 e. The fraction of sp³-hybridized carbons (Fsp3) is 0. The van der Waals surface area contributed by atoms with Gasteiger partial charge < -0.3 is 15.3 Å². The highest BCUT2D eigenvalue weighted by Crippen LogP contribution is 2.33. The van der Waals surface area contributed by atoms with Gasteiger partial charge in [0.2, 0.25) is 5.89 Å². The van der Waals surface area contributed by atoms with Crippen LogP contribution >= 0.6 is 11.6 Å². The van der Waals surface area contributed by atoms with Crippen LogP contribution in [0.15, 0.2) is 46.9 Å². The Morgan fingerprint density at radius 3 is 2.40 bits per heavy atom. The molecule has 1 aromatic heterocycles. The fourth-order valence-electron chi connectivity index (χ4n) is 1.81. The number of anilines is 1. The second-order valence-corrected chi connectivity index (χ2v) is 4.57. The third-order valence-corrected chi connectivity index (χ3v) is 3.11. The van der Waals surface area contributed by atoms with E-state index in [9.17, 15) is 5.11 Å². The zero-order chi connectivity index (χ0) is 14.1. The summed E-state index contributed by atoms with van der Waals surface area (Å²) in [6.45, 7) is 0. The van der Waals surface area contributed by atoms with Crippen molar-refractivity contribution in [3.63, 3.8) is 0 Å². The first kappa shape index (κ1) is 12.5. The monoisotopic (exact) mass is 287 g/mol. The van der Waals surface area contributed by atoms with E-state index in [0.717, 1.165) is 0 Å². The SMILES string of the molecule is Nc1cccc(Cl)c1-c1nnc(-c2ccc(O)cc2)o1. The van der Waals surface area contributed by atoms with Crippen molar-refractivity contribution < 1.29 is 9.52 Å². The summed E-state index contributed by atoms with van der Waals surface area (Å²) in [5.41, 5.74) is 7.57. The van der Waals surface area contributed by atoms with Crippen LogP contribution in [0.1, 0.15) is 0 Å². The van der Waals surface area contributed by atoms with Gasteiger partial charge >= 0.3 is 0 Å². The Labute approximate surface area is 119 Å². The molecule has 3 N–H and O–H groups in total. The van der Waals surface area contributed by atoms with E-state index >= 15 is 0 Å². The van der Waals surface area contributed by atoms with Gasteiger partial charge in [0.15, 0.2) is 0 Å².